The van der Waals surface area contributed by atoms with Crippen molar-refractivity contribution in [1.29, 1.82) is 0 Å². The molecule has 0 aliphatic rings. The number of carboxylic acid groups (broad SMARTS) is 3. The van der Waals surface area contributed by atoms with Crippen LogP contribution < -0.4 is 5.11 Å². The van der Waals surface area contributed by atoms with Crippen molar-refractivity contribution in [3.05, 3.63) is 12.2 Å². The Bertz CT molecular complexity index is 569. The molecule has 0 rings (SSSR count). The van der Waals surface area contributed by atoms with E-state index in [1.807, 2.05) is 0 Å². The van der Waals surface area contributed by atoms with Crippen LogP contribution in [-0.4, -0.2) is 58.8 Å². The van der Waals surface area contributed by atoms with E-state index in [-0.39, 0.29) is 19.3 Å². The van der Waals surface area contributed by atoms with Gasteiger partial charge in [0.2, 0.25) is 0 Å². The van der Waals surface area contributed by atoms with E-state index in [1.54, 1.807) is 0 Å². The van der Waals surface area contributed by atoms with E-state index in [9.17, 15) is 19.5 Å². The Balaban J connectivity index is 4.30. The summed E-state index contributed by atoms with van der Waals surface area (Å²) in [5, 5.41) is 29.0. The van der Waals surface area contributed by atoms with Crippen molar-refractivity contribution < 1.29 is 34.2 Å². The molecule has 7 heteroatoms. The third kappa shape index (κ3) is 24.2. The maximum absolute atomic E-state index is 11.0. The largest absolute Gasteiger partial charge is 0.550 e. The van der Waals surface area contributed by atoms with Crippen LogP contribution >= 0.6 is 0 Å². The highest BCUT2D eigenvalue weighted by atomic mass is 16.4. The summed E-state index contributed by atoms with van der Waals surface area (Å²) in [6, 6.07) is 0. The van der Waals surface area contributed by atoms with E-state index >= 15 is 0 Å². The zero-order valence-corrected chi connectivity index (χ0v) is 23.6. The molecule has 0 atom stereocenters. The normalized spacial score (nSPS) is 11.8. The number of allylic oxidation sites excluding steroid dienone is 2. The summed E-state index contributed by atoms with van der Waals surface area (Å²) in [5.74, 6) is -2.75. The molecule has 0 radical (unpaired) electrons. The Morgan fingerprint density at radius 1 is 0.568 bits per heavy atom. The van der Waals surface area contributed by atoms with E-state index in [4.69, 9.17) is 10.2 Å². The average Bonchev–Trinajstić information content (AvgIpc) is 2.83. The number of hydrogen-bond donors (Lipinski definition) is 2. The molecular weight excluding hydrogens is 470 g/mol. The van der Waals surface area contributed by atoms with Crippen LogP contribution in [0, 0.1) is 0 Å². The van der Waals surface area contributed by atoms with Crippen molar-refractivity contribution in [3.8, 4) is 0 Å². The van der Waals surface area contributed by atoms with Gasteiger partial charge in [0.1, 0.15) is 0 Å². The summed E-state index contributed by atoms with van der Waals surface area (Å²) in [6.45, 7) is 5.00. The second kappa shape index (κ2) is 24.4. The summed E-state index contributed by atoms with van der Waals surface area (Å²) < 4.78 is 0.610. The third-order valence-corrected chi connectivity index (χ3v) is 7.20. The number of aliphatic carboxylic acids is 3. The van der Waals surface area contributed by atoms with Crippen molar-refractivity contribution >= 4 is 17.9 Å². The zero-order valence-electron chi connectivity index (χ0n) is 23.6. The van der Waals surface area contributed by atoms with Crippen LogP contribution in [0.2, 0.25) is 0 Å². The van der Waals surface area contributed by atoms with Gasteiger partial charge in [-0.1, -0.05) is 70.4 Å². The molecule has 0 aliphatic heterocycles. The second-order valence-electron chi connectivity index (χ2n) is 10.6. The topological polar surface area (TPSA) is 115 Å². The Hall–Kier alpha value is -1.89. The van der Waals surface area contributed by atoms with Crippen molar-refractivity contribution in [2.75, 3.05) is 26.2 Å². The Morgan fingerprint density at radius 2 is 0.946 bits per heavy atom. The van der Waals surface area contributed by atoms with Crippen LogP contribution in [0.4, 0.5) is 0 Å². The average molecular weight is 526 g/mol. The van der Waals surface area contributed by atoms with Gasteiger partial charge in [0.05, 0.1) is 39.0 Å². The minimum absolute atomic E-state index is 0.0218. The molecule has 0 spiro atoms. The molecule has 7 nitrogen and oxygen atoms in total. The maximum Gasteiger partial charge on any atom is 0.303 e. The van der Waals surface area contributed by atoms with Gasteiger partial charge in [-0.05, 0) is 44.9 Å². The van der Waals surface area contributed by atoms with Crippen molar-refractivity contribution in [3.63, 3.8) is 0 Å². The van der Waals surface area contributed by atoms with Crippen LogP contribution in [-0.2, 0) is 14.4 Å². The Labute approximate surface area is 225 Å². The number of carbonyl (C=O) groups excluding carboxylic acids is 1. The molecule has 216 valence electrons. The summed E-state index contributed by atoms with van der Waals surface area (Å²) in [7, 11) is 0. The van der Waals surface area contributed by atoms with E-state index < -0.39 is 17.9 Å². The highest BCUT2D eigenvalue weighted by Gasteiger charge is 2.26. The first-order chi connectivity index (χ1) is 17.8. The molecule has 0 aromatic carbocycles. The number of unbranched alkanes of at least 4 members (excludes halogenated alkanes) is 12. The van der Waals surface area contributed by atoms with Gasteiger partial charge >= 0.3 is 11.9 Å². The molecule has 2 N–H and O–H groups in total. The van der Waals surface area contributed by atoms with Gasteiger partial charge < -0.3 is 24.6 Å². The van der Waals surface area contributed by atoms with Crippen LogP contribution in [0.15, 0.2) is 12.2 Å². The van der Waals surface area contributed by atoms with Gasteiger partial charge in [-0.3, -0.25) is 9.59 Å². The van der Waals surface area contributed by atoms with Gasteiger partial charge in [-0.25, -0.2) is 0 Å². The van der Waals surface area contributed by atoms with Crippen molar-refractivity contribution in [2.24, 2.45) is 0 Å². The van der Waals surface area contributed by atoms with Gasteiger partial charge in [0, 0.05) is 25.2 Å². The molecule has 0 fully saturated rings. The molecular formula is C30H55NO6. The lowest BCUT2D eigenvalue weighted by Gasteiger charge is -2.39. The maximum atomic E-state index is 11.0. The first-order valence-corrected chi connectivity index (χ1v) is 14.9. The number of carboxylic acids is 3. The predicted molar refractivity (Wildman–Crippen MR) is 147 cm³/mol. The molecule has 0 aromatic rings. The molecule has 0 saturated carbocycles. The van der Waals surface area contributed by atoms with E-state index in [1.165, 1.54) is 70.6 Å². The van der Waals surface area contributed by atoms with Gasteiger partial charge in [-0.15, -0.1) is 0 Å². The Morgan fingerprint density at radius 3 is 1.38 bits per heavy atom. The number of quaternary nitrogens is 1. The van der Waals surface area contributed by atoms with Gasteiger partial charge in [0.15, 0.2) is 0 Å². The fraction of sp³-hybridized carbons (Fsp3) is 0.833. The van der Waals surface area contributed by atoms with Crippen LogP contribution in [0.25, 0.3) is 0 Å². The smallest absolute Gasteiger partial charge is 0.303 e. The highest BCUT2D eigenvalue weighted by molar-refractivity contribution is 5.66. The van der Waals surface area contributed by atoms with Crippen molar-refractivity contribution in [2.45, 2.75) is 135 Å². The molecule has 0 unspecified atom stereocenters. The molecule has 0 saturated heterocycles. The SMILES string of the molecule is CCCCCCC/C=C/CCCCCCCCC[N+](CCCC(=O)[O-])(CCCC(=O)O)CCCC(=O)O. The standard InChI is InChI=1S/C30H55NO6/c1-2-3-4-5-6-7-8-9-10-11-12-13-14-15-16-17-24-31(25-18-21-28(32)33,26-19-22-29(34)35)27-20-23-30(36)37/h8-9H,2-7,10-27H2,1H3,(H2-,32,33,34,35,36,37)/b9-8+. The molecule has 0 bridgehead atoms. The fourth-order valence-corrected chi connectivity index (χ4v) is 5.06. The molecule has 0 heterocycles. The second-order valence-corrected chi connectivity index (χ2v) is 10.6. The molecule has 0 aromatic heterocycles. The Kier molecular flexibility index (Phi) is 23.2. The quantitative estimate of drug-likeness (QED) is 0.0724. The number of carbonyl (C=O) groups is 3. The van der Waals surface area contributed by atoms with Gasteiger partial charge in [0.25, 0.3) is 0 Å². The summed E-state index contributed by atoms with van der Waals surface area (Å²) in [4.78, 5) is 33.0. The van der Waals surface area contributed by atoms with Gasteiger partial charge in [-0.2, -0.15) is 0 Å². The summed E-state index contributed by atoms with van der Waals surface area (Å²) >= 11 is 0. The van der Waals surface area contributed by atoms with Crippen molar-refractivity contribution in [1.82, 2.24) is 0 Å². The fourth-order valence-electron chi connectivity index (χ4n) is 5.06. The third-order valence-electron chi connectivity index (χ3n) is 7.20. The molecule has 37 heavy (non-hydrogen) atoms. The van der Waals surface area contributed by atoms with Crippen LogP contribution in [0.3, 0.4) is 0 Å². The first-order valence-electron chi connectivity index (χ1n) is 14.9. The lowest BCUT2D eigenvalue weighted by atomic mass is 10.1. The van der Waals surface area contributed by atoms with E-state index in [2.05, 4.69) is 19.1 Å². The summed E-state index contributed by atoms with van der Waals surface area (Å²) in [5.41, 5.74) is 0. The zero-order chi connectivity index (χ0) is 27.6. The first kappa shape index (κ1) is 35.1. The monoisotopic (exact) mass is 525 g/mol. The molecule has 0 aliphatic carbocycles. The van der Waals surface area contributed by atoms with E-state index in [0.29, 0.717) is 43.4 Å². The lowest BCUT2D eigenvalue weighted by Crippen LogP contribution is -2.51. The number of nitrogens with zero attached hydrogens (tertiary/aromatic N) is 1. The van der Waals surface area contributed by atoms with E-state index in [0.717, 1.165) is 25.8 Å². The minimum Gasteiger partial charge on any atom is -0.550 e. The van der Waals surface area contributed by atoms with Crippen LogP contribution in [0.1, 0.15) is 135 Å². The summed E-state index contributed by atoms with van der Waals surface area (Å²) in [6.07, 6.45) is 23.6. The highest BCUT2D eigenvalue weighted by Crippen LogP contribution is 2.18. The predicted octanol–water partition coefficient (Wildman–Crippen LogP) is 6.10. The lowest BCUT2D eigenvalue weighted by molar-refractivity contribution is -0.929. The molecule has 0 amide bonds. The number of hydrogen-bond acceptors (Lipinski definition) is 4. The number of rotatable bonds is 28. The minimum atomic E-state index is -1.08. The van der Waals surface area contributed by atoms with Crippen LogP contribution in [0.5, 0.6) is 0 Å².